The Balaban J connectivity index is 1.33. The van der Waals surface area contributed by atoms with Crippen molar-refractivity contribution in [2.75, 3.05) is 18.0 Å². The van der Waals surface area contributed by atoms with E-state index >= 15 is 0 Å². The van der Waals surface area contributed by atoms with Gasteiger partial charge in [0.1, 0.15) is 11.1 Å². The van der Waals surface area contributed by atoms with Crippen molar-refractivity contribution < 1.29 is 4.55 Å². The van der Waals surface area contributed by atoms with Crippen LogP contribution in [0.25, 0.3) is 5.65 Å². The maximum atomic E-state index is 12.8. The first-order valence-corrected chi connectivity index (χ1v) is 14.6. The van der Waals surface area contributed by atoms with Crippen LogP contribution in [-0.2, 0) is 11.4 Å². The lowest BCUT2D eigenvalue weighted by Gasteiger charge is -2.44. The number of anilines is 1. The van der Waals surface area contributed by atoms with Crippen molar-refractivity contribution in [3.05, 3.63) is 40.8 Å². The Kier molecular flexibility index (Phi) is 7.20. The van der Waals surface area contributed by atoms with Crippen LogP contribution in [0.2, 0.25) is 10.0 Å². The van der Waals surface area contributed by atoms with Crippen LogP contribution >= 0.6 is 35.0 Å². The first kappa shape index (κ1) is 25.4. The number of rotatable bonds is 5. The first-order chi connectivity index (χ1) is 16.7. The Hall–Kier alpha value is -1.23. The third-order valence-electron chi connectivity index (χ3n) is 7.17. The molecule has 188 valence electrons. The minimum atomic E-state index is -1.05. The van der Waals surface area contributed by atoms with Crippen molar-refractivity contribution in [1.82, 2.24) is 24.3 Å². The van der Waals surface area contributed by atoms with Crippen molar-refractivity contribution in [1.29, 1.82) is 0 Å². The molecule has 1 aromatic carbocycles. The minimum absolute atomic E-state index is 0.197. The molecule has 1 aliphatic heterocycles. The molecule has 5 rings (SSSR count). The Labute approximate surface area is 223 Å². The van der Waals surface area contributed by atoms with Crippen LogP contribution in [0.1, 0.15) is 52.9 Å². The van der Waals surface area contributed by atoms with Gasteiger partial charge in [-0.2, -0.15) is 0 Å². The van der Waals surface area contributed by atoms with E-state index in [0.29, 0.717) is 16.1 Å². The molecule has 2 atom stereocenters. The summed E-state index contributed by atoms with van der Waals surface area (Å²) in [6.45, 7) is 7.87. The van der Waals surface area contributed by atoms with Gasteiger partial charge < -0.3 is 9.45 Å². The second-order valence-corrected chi connectivity index (χ2v) is 14.3. The first-order valence-electron chi connectivity index (χ1n) is 11.9. The summed E-state index contributed by atoms with van der Waals surface area (Å²) in [6.07, 6.45) is 9.12. The summed E-state index contributed by atoms with van der Waals surface area (Å²) in [7, 11) is 0. The summed E-state index contributed by atoms with van der Waals surface area (Å²) < 4.78 is 18.0. The average Bonchev–Trinajstić information content (AvgIpc) is 3.45. The highest BCUT2D eigenvalue weighted by Gasteiger charge is 2.48. The number of hydrogen-bond donors (Lipinski definition) is 1. The maximum Gasteiger partial charge on any atom is 0.212 e. The zero-order valence-electron chi connectivity index (χ0n) is 20.1. The van der Waals surface area contributed by atoms with Crippen molar-refractivity contribution >= 4 is 57.9 Å². The van der Waals surface area contributed by atoms with Crippen molar-refractivity contribution in [2.24, 2.45) is 5.41 Å². The standard InChI is InChI=1S/C24H30Cl2N6OS2/c1-23(2,3)35(33)30-19-8-5-9-24(19)10-12-31(13-11-24)22-27-14-18(21-29-28-15-32(21)22)34-17-7-4-6-16(25)20(17)26/h4,6-7,14-15,19,30H,5,8-13H2,1-3H3/t19-,35?/m1/s1. The van der Waals surface area contributed by atoms with E-state index in [0.717, 1.165) is 53.7 Å². The van der Waals surface area contributed by atoms with Gasteiger partial charge in [-0.1, -0.05) is 47.5 Å². The van der Waals surface area contributed by atoms with Crippen LogP contribution < -0.4 is 9.62 Å². The molecule has 0 bridgehead atoms. The van der Waals surface area contributed by atoms with E-state index in [1.54, 1.807) is 12.4 Å². The third-order valence-corrected chi connectivity index (χ3v) is 10.8. The molecule has 3 heterocycles. The van der Waals surface area contributed by atoms with Crippen LogP contribution in [0, 0.1) is 5.41 Å². The number of hydrogen-bond acceptors (Lipinski definition) is 7. The zero-order chi connectivity index (χ0) is 24.8. The molecule has 3 aromatic rings. The quantitative estimate of drug-likeness (QED) is 0.402. The monoisotopic (exact) mass is 552 g/mol. The number of piperidine rings is 1. The SMILES string of the molecule is CC(C)(C)[S+]([O-])N[C@@H]1CCCC12CCN(c1ncc(Sc3cccc(Cl)c3Cl)c3nncn13)CC2. The normalized spacial score (nSPS) is 21.2. The van der Waals surface area contributed by atoms with Crippen LogP contribution in [0.3, 0.4) is 0 Å². The highest BCUT2D eigenvalue weighted by molar-refractivity contribution is 7.99. The molecule has 1 saturated heterocycles. The van der Waals surface area contributed by atoms with Gasteiger partial charge in [0.15, 0.2) is 5.65 Å². The number of benzene rings is 1. The predicted octanol–water partition coefficient (Wildman–Crippen LogP) is 5.77. The van der Waals surface area contributed by atoms with E-state index < -0.39 is 11.4 Å². The van der Waals surface area contributed by atoms with Gasteiger partial charge in [0.25, 0.3) is 0 Å². The fraction of sp³-hybridized carbons (Fsp3) is 0.542. The van der Waals surface area contributed by atoms with Gasteiger partial charge in [0.05, 0.1) is 21.0 Å². The molecule has 1 saturated carbocycles. The summed E-state index contributed by atoms with van der Waals surface area (Å²) in [5.74, 6) is 0.849. The Morgan fingerprint density at radius 1 is 1.17 bits per heavy atom. The predicted molar refractivity (Wildman–Crippen MR) is 144 cm³/mol. The lowest BCUT2D eigenvalue weighted by molar-refractivity contribution is 0.186. The number of nitrogens with zero attached hydrogens (tertiary/aromatic N) is 5. The average molecular weight is 554 g/mol. The summed E-state index contributed by atoms with van der Waals surface area (Å²) in [6, 6.07) is 5.89. The van der Waals surface area contributed by atoms with Crippen molar-refractivity contribution in [3.63, 3.8) is 0 Å². The molecule has 35 heavy (non-hydrogen) atoms. The van der Waals surface area contributed by atoms with E-state index in [4.69, 9.17) is 28.2 Å². The highest BCUT2D eigenvalue weighted by Crippen LogP contribution is 2.47. The second-order valence-electron chi connectivity index (χ2n) is 10.4. The summed E-state index contributed by atoms with van der Waals surface area (Å²) in [5.41, 5.74) is 0.945. The molecular weight excluding hydrogens is 523 g/mol. The molecule has 11 heteroatoms. The molecule has 0 amide bonds. The van der Waals surface area contributed by atoms with Crippen LogP contribution in [0.15, 0.2) is 40.5 Å². The van der Waals surface area contributed by atoms with Gasteiger partial charge in [-0.15, -0.1) is 14.9 Å². The summed E-state index contributed by atoms with van der Waals surface area (Å²) in [5, 5.41) is 9.58. The van der Waals surface area contributed by atoms with E-state index in [1.807, 2.05) is 43.5 Å². The number of nitrogens with one attached hydrogen (secondary N) is 1. The highest BCUT2D eigenvalue weighted by atomic mass is 35.5. The molecule has 2 fully saturated rings. The smallest absolute Gasteiger partial charge is 0.212 e. The van der Waals surface area contributed by atoms with Crippen LogP contribution in [0.5, 0.6) is 0 Å². The summed E-state index contributed by atoms with van der Waals surface area (Å²) >= 11 is 13.0. The molecule has 1 spiro atoms. The fourth-order valence-electron chi connectivity index (χ4n) is 5.15. The molecule has 2 aliphatic rings. The van der Waals surface area contributed by atoms with E-state index in [9.17, 15) is 4.55 Å². The minimum Gasteiger partial charge on any atom is -0.598 e. The molecular formula is C24H30Cl2N6OS2. The largest absolute Gasteiger partial charge is 0.598 e. The molecule has 1 aliphatic carbocycles. The van der Waals surface area contributed by atoms with Crippen LogP contribution in [0.4, 0.5) is 5.95 Å². The van der Waals surface area contributed by atoms with Gasteiger partial charge in [-0.05, 0) is 64.0 Å². The van der Waals surface area contributed by atoms with E-state index in [1.165, 1.54) is 24.6 Å². The maximum absolute atomic E-state index is 12.8. The molecule has 1 N–H and O–H groups in total. The van der Waals surface area contributed by atoms with E-state index in [2.05, 4.69) is 19.8 Å². The Morgan fingerprint density at radius 2 is 1.94 bits per heavy atom. The number of aromatic nitrogens is 4. The van der Waals surface area contributed by atoms with Gasteiger partial charge in [-0.25, -0.2) is 9.38 Å². The van der Waals surface area contributed by atoms with Gasteiger partial charge >= 0.3 is 0 Å². The topological polar surface area (TPSA) is 81.4 Å². The van der Waals surface area contributed by atoms with Gasteiger partial charge in [-0.3, -0.25) is 0 Å². The van der Waals surface area contributed by atoms with Crippen molar-refractivity contribution in [3.8, 4) is 0 Å². The van der Waals surface area contributed by atoms with Gasteiger partial charge in [0.2, 0.25) is 5.95 Å². The molecule has 7 nitrogen and oxygen atoms in total. The zero-order valence-corrected chi connectivity index (χ0v) is 23.3. The lowest BCUT2D eigenvalue weighted by Crippen LogP contribution is -2.53. The molecule has 1 unspecified atom stereocenters. The fourth-order valence-corrected chi connectivity index (χ4v) is 7.52. The molecule has 0 radical (unpaired) electrons. The van der Waals surface area contributed by atoms with Crippen LogP contribution in [-0.4, -0.2) is 48.0 Å². The Morgan fingerprint density at radius 3 is 2.69 bits per heavy atom. The molecule has 2 aromatic heterocycles. The summed E-state index contributed by atoms with van der Waals surface area (Å²) in [4.78, 5) is 8.85. The van der Waals surface area contributed by atoms with Gasteiger partial charge in [0, 0.05) is 35.5 Å². The Bertz CT molecular complexity index is 1210. The van der Waals surface area contributed by atoms with Crippen molar-refractivity contribution in [2.45, 2.75) is 73.5 Å². The number of halogens is 2. The second kappa shape index (κ2) is 9.91. The van der Waals surface area contributed by atoms with E-state index in [-0.39, 0.29) is 10.2 Å². The number of fused-ring (bicyclic) bond motifs is 1. The third kappa shape index (κ3) is 5.00. The lowest BCUT2D eigenvalue weighted by atomic mass is 9.74.